The monoisotopic (exact) mass is 418 g/mol. The van der Waals surface area contributed by atoms with Crippen molar-refractivity contribution in [2.75, 3.05) is 26.0 Å². The maximum absolute atomic E-state index is 12.6. The van der Waals surface area contributed by atoms with Gasteiger partial charge in [0.05, 0.1) is 12.2 Å². The number of ether oxygens (including phenoxy) is 1. The van der Waals surface area contributed by atoms with Crippen LogP contribution in [-0.2, 0) is 11.2 Å². The molecule has 0 bridgehead atoms. The number of hydrogen-bond donors (Lipinski definition) is 1. The Morgan fingerprint density at radius 3 is 2.42 bits per heavy atom. The number of nitrogens with one attached hydrogen (secondary N) is 1. The molecule has 0 saturated carbocycles. The Morgan fingerprint density at radius 1 is 1.12 bits per heavy atom. The number of benzene rings is 2. The van der Waals surface area contributed by atoms with Gasteiger partial charge in [-0.1, -0.05) is 28.1 Å². The summed E-state index contributed by atoms with van der Waals surface area (Å²) in [7, 11) is 3.50. The van der Waals surface area contributed by atoms with Crippen LogP contribution in [0.2, 0.25) is 0 Å². The average molecular weight is 419 g/mol. The van der Waals surface area contributed by atoms with Crippen molar-refractivity contribution in [2.24, 2.45) is 0 Å². The molecule has 2 amide bonds. The number of carbonyl (C=O) groups is 2. The lowest BCUT2D eigenvalue weighted by Gasteiger charge is -2.12. The highest BCUT2D eigenvalue weighted by Crippen LogP contribution is 2.24. The van der Waals surface area contributed by atoms with Crippen LogP contribution in [0.1, 0.15) is 29.3 Å². The van der Waals surface area contributed by atoms with Crippen molar-refractivity contribution < 1.29 is 14.3 Å². The van der Waals surface area contributed by atoms with Crippen LogP contribution in [0.25, 0.3) is 0 Å². The van der Waals surface area contributed by atoms with E-state index in [0.717, 1.165) is 10.0 Å². The highest BCUT2D eigenvalue weighted by molar-refractivity contribution is 9.10. The predicted octanol–water partition coefficient (Wildman–Crippen LogP) is 4.12. The second-order valence-corrected chi connectivity index (χ2v) is 6.93. The second kappa shape index (κ2) is 9.38. The quantitative estimate of drug-likeness (QED) is 0.735. The first kappa shape index (κ1) is 20.0. The van der Waals surface area contributed by atoms with Crippen molar-refractivity contribution in [1.82, 2.24) is 4.90 Å². The average Bonchev–Trinajstić information content (AvgIpc) is 2.62. The summed E-state index contributed by atoms with van der Waals surface area (Å²) in [5.41, 5.74) is 2.22. The molecule has 0 aromatic heterocycles. The van der Waals surface area contributed by atoms with Crippen LogP contribution < -0.4 is 10.1 Å². The summed E-state index contributed by atoms with van der Waals surface area (Å²) in [6, 6.07) is 12.9. The molecule has 0 unspecified atom stereocenters. The van der Waals surface area contributed by atoms with Crippen molar-refractivity contribution in [3.05, 3.63) is 58.1 Å². The molecule has 1 N–H and O–H groups in total. The smallest absolute Gasteiger partial charge is 0.259 e. The van der Waals surface area contributed by atoms with E-state index in [1.807, 2.05) is 37.3 Å². The molecule has 0 heterocycles. The van der Waals surface area contributed by atoms with E-state index in [1.54, 1.807) is 31.1 Å². The first-order valence-electron chi connectivity index (χ1n) is 8.43. The molecule has 0 aliphatic carbocycles. The minimum atomic E-state index is -0.231. The van der Waals surface area contributed by atoms with Crippen molar-refractivity contribution in [1.29, 1.82) is 0 Å². The van der Waals surface area contributed by atoms with Crippen molar-refractivity contribution in [2.45, 2.75) is 19.8 Å². The topological polar surface area (TPSA) is 58.6 Å². The molecule has 0 saturated heterocycles. The van der Waals surface area contributed by atoms with Crippen LogP contribution >= 0.6 is 15.9 Å². The fraction of sp³-hybridized carbons (Fsp3) is 0.300. The van der Waals surface area contributed by atoms with Gasteiger partial charge in [-0.2, -0.15) is 0 Å². The highest BCUT2D eigenvalue weighted by Gasteiger charge is 2.13. The van der Waals surface area contributed by atoms with Gasteiger partial charge in [-0.3, -0.25) is 9.59 Å². The predicted molar refractivity (Wildman–Crippen MR) is 107 cm³/mol. The molecule has 5 nitrogen and oxygen atoms in total. The molecule has 0 spiro atoms. The lowest BCUT2D eigenvalue weighted by molar-refractivity contribution is -0.128. The van der Waals surface area contributed by atoms with Crippen molar-refractivity contribution in [3.63, 3.8) is 0 Å². The Morgan fingerprint density at radius 2 is 1.81 bits per heavy atom. The maximum atomic E-state index is 12.6. The summed E-state index contributed by atoms with van der Waals surface area (Å²) in [6.07, 6.45) is 1.14. The first-order chi connectivity index (χ1) is 12.4. The Kier molecular flexibility index (Phi) is 7.21. The van der Waals surface area contributed by atoms with Crippen molar-refractivity contribution >= 4 is 33.4 Å². The van der Waals surface area contributed by atoms with E-state index in [9.17, 15) is 9.59 Å². The Balaban J connectivity index is 2.04. The third kappa shape index (κ3) is 5.59. The van der Waals surface area contributed by atoms with Crippen LogP contribution in [0, 0.1) is 0 Å². The van der Waals surface area contributed by atoms with E-state index in [1.165, 1.54) is 0 Å². The summed E-state index contributed by atoms with van der Waals surface area (Å²) >= 11 is 3.38. The zero-order valence-corrected chi connectivity index (χ0v) is 16.8. The van der Waals surface area contributed by atoms with Crippen LogP contribution in [0.3, 0.4) is 0 Å². The van der Waals surface area contributed by atoms with E-state index >= 15 is 0 Å². The SMILES string of the molecule is CCOc1ccc(Br)cc1C(=O)Nc1ccc(CCC(=O)N(C)C)cc1. The molecule has 0 fully saturated rings. The lowest BCUT2D eigenvalue weighted by atomic mass is 10.1. The minimum absolute atomic E-state index is 0.0977. The normalized spacial score (nSPS) is 10.3. The van der Waals surface area contributed by atoms with E-state index in [0.29, 0.717) is 36.4 Å². The molecular formula is C20H23BrN2O3. The molecule has 138 valence electrons. The van der Waals surface area contributed by atoms with Gasteiger partial charge in [0.25, 0.3) is 5.91 Å². The molecule has 0 aliphatic rings. The van der Waals surface area contributed by atoms with Gasteiger partial charge in [0, 0.05) is 30.7 Å². The number of anilines is 1. The number of rotatable bonds is 7. The number of halogens is 1. The fourth-order valence-corrected chi connectivity index (χ4v) is 2.75. The molecule has 26 heavy (non-hydrogen) atoms. The second-order valence-electron chi connectivity index (χ2n) is 6.01. The molecule has 2 aromatic carbocycles. The van der Waals surface area contributed by atoms with Gasteiger partial charge in [-0.25, -0.2) is 0 Å². The molecule has 2 rings (SSSR count). The highest BCUT2D eigenvalue weighted by atomic mass is 79.9. The number of nitrogens with zero attached hydrogens (tertiary/aromatic N) is 1. The standard InChI is InChI=1S/C20H23BrN2O3/c1-4-26-18-11-8-15(21)13-17(18)20(25)22-16-9-5-14(6-10-16)7-12-19(24)23(2)3/h5-6,8-11,13H,4,7,12H2,1-3H3,(H,22,25). The van der Waals surface area contributed by atoms with Crippen LogP contribution in [-0.4, -0.2) is 37.4 Å². The summed E-state index contributed by atoms with van der Waals surface area (Å²) in [6.45, 7) is 2.37. The lowest BCUT2D eigenvalue weighted by Crippen LogP contribution is -2.21. The summed E-state index contributed by atoms with van der Waals surface area (Å²) in [5, 5.41) is 2.88. The number of amides is 2. The van der Waals surface area contributed by atoms with Gasteiger partial charge < -0.3 is 15.0 Å². The van der Waals surface area contributed by atoms with Gasteiger partial charge in [0.1, 0.15) is 5.75 Å². The third-order valence-corrected chi connectivity index (χ3v) is 4.32. The number of carbonyl (C=O) groups excluding carboxylic acids is 2. The van der Waals surface area contributed by atoms with E-state index < -0.39 is 0 Å². The summed E-state index contributed by atoms with van der Waals surface area (Å²) in [5.74, 6) is 0.415. The van der Waals surface area contributed by atoms with Gasteiger partial charge >= 0.3 is 0 Å². The molecule has 0 aliphatic heterocycles. The van der Waals surface area contributed by atoms with E-state index in [4.69, 9.17) is 4.74 Å². The van der Waals surface area contributed by atoms with Gasteiger partial charge in [0.2, 0.25) is 5.91 Å². The fourth-order valence-electron chi connectivity index (χ4n) is 2.39. The third-order valence-electron chi connectivity index (χ3n) is 3.82. The number of hydrogen-bond acceptors (Lipinski definition) is 3. The largest absolute Gasteiger partial charge is 0.493 e. The van der Waals surface area contributed by atoms with Crippen molar-refractivity contribution in [3.8, 4) is 5.75 Å². The molecule has 6 heteroatoms. The Bertz CT molecular complexity index is 773. The first-order valence-corrected chi connectivity index (χ1v) is 9.22. The van der Waals surface area contributed by atoms with Gasteiger partial charge in [-0.05, 0) is 49.2 Å². The zero-order chi connectivity index (χ0) is 19.1. The Hall–Kier alpha value is -2.34. The molecular weight excluding hydrogens is 396 g/mol. The van der Waals surface area contributed by atoms with E-state index in [2.05, 4.69) is 21.2 Å². The minimum Gasteiger partial charge on any atom is -0.493 e. The summed E-state index contributed by atoms with van der Waals surface area (Å²) in [4.78, 5) is 25.8. The molecule has 2 aromatic rings. The molecule has 0 radical (unpaired) electrons. The van der Waals surface area contributed by atoms with Gasteiger partial charge in [-0.15, -0.1) is 0 Å². The van der Waals surface area contributed by atoms with Crippen LogP contribution in [0.15, 0.2) is 46.9 Å². The Labute approximate surface area is 162 Å². The maximum Gasteiger partial charge on any atom is 0.259 e. The van der Waals surface area contributed by atoms with Crippen LogP contribution in [0.5, 0.6) is 5.75 Å². The molecule has 0 atom stereocenters. The van der Waals surface area contributed by atoms with E-state index in [-0.39, 0.29) is 11.8 Å². The zero-order valence-electron chi connectivity index (χ0n) is 15.2. The number of aryl methyl sites for hydroxylation is 1. The summed E-state index contributed by atoms with van der Waals surface area (Å²) < 4.78 is 6.34. The van der Waals surface area contributed by atoms with Gasteiger partial charge in [0.15, 0.2) is 0 Å². The van der Waals surface area contributed by atoms with Crippen LogP contribution in [0.4, 0.5) is 5.69 Å².